The number of halogens is 1. The standard InChI is InChI=1S/C20H14ClNO4S2/c21-12-8-6-10(7-9-12)13-14(15(23)11-4-2-1-3-5-11)17(19(24)25)27-18-16(13)28-20(26)22-18/h1-9,13-14,17H,(H,22,26)(H,24,25)/t13-,14-,17+/m0/s1. The highest BCUT2D eigenvalue weighted by Gasteiger charge is 2.47. The smallest absolute Gasteiger partial charge is 0.317 e. The summed E-state index contributed by atoms with van der Waals surface area (Å²) < 4.78 is 0. The molecule has 3 atom stereocenters. The Balaban J connectivity index is 1.92. The highest BCUT2D eigenvalue weighted by molar-refractivity contribution is 8.00. The van der Waals surface area contributed by atoms with Gasteiger partial charge in [0.1, 0.15) is 5.25 Å². The highest BCUT2D eigenvalue weighted by atomic mass is 35.5. The number of hydrogen-bond donors (Lipinski definition) is 2. The van der Waals surface area contributed by atoms with Crippen LogP contribution in [0.1, 0.15) is 26.7 Å². The van der Waals surface area contributed by atoms with Gasteiger partial charge in [-0.15, -0.1) is 0 Å². The zero-order valence-electron chi connectivity index (χ0n) is 14.3. The van der Waals surface area contributed by atoms with E-state index in [2.05, 4.69) is 4.98 Å². The number of thiazole rings is 1. The Labute approximate surface area is 173 Å². The lowest BCUT2D eigenvalue weighted by molar-refractivity contribution is -0.137. The van der Waals surface area contributed by atoms with Crippen LogP contribution in [0.5, 0.6) is 0 Å². The summed E-state index contributed by atoms with van der Waals surface area (Å²) in [6.45, 7) is 0. The second-order valence-corrected chi connectivity index (χ2v) is 8.97. The molecular formula is C20H14ClNO4S2. The summed E-state index contributed by atoms with van der Waals surface area (Å²) in [5, 5.41) is 9.89. The van der Waals surface area contributed by atoms with Crippen molar-refractivity contribution in [2.75, 3.05) is 0 Å². The first-order chi connectivity index (χ1) is 13.5. The molecule has 3 aromatic rings. The molecule has 2 N–H and O–H groups in total. The Kier molecular flexibility index (Phi) is 5.14. The van der Waals surface area contributed by atoms with Crippen molar-refractivity contribution < 1.29 is 14.7 Å². The molecule has 0 aliphatic carbocycles. The molecule has 0 radical (unpaired) electrons. The van der Waals surface area contributed by atoms with Crippen molar-refractivity contribution in [2.45, 2.75) is 16.2 Å². The van der Waals surface area contributed by atoms with E-state index in [-0.39, 0.29) is 10.7 Å². The fourth-order valence-electron chi connectivity index (χ4n) is 3.47. The maximum atomic E-state index is 13.4. The van der Waals surface area contributed by atoms with Crippen LogP contribution in [-0.2, 0) is 4.79 Å². The molecule has 0 bridgehead atoms. The fraction of sp³-hybridized carbons (Fsp3) is 0.150. The lowest BCUT2D eigenvalue weighted by atomic mass is 9.78. The molecule has 5 nitrogen and oxygen atoms in total. The Morgan fingerprint density at radius 2 is 1.71 bits per heavy atom. The van der Waals surface area contributed by atoms with E-state index < -0.39 is 23.1 Å². The average Bonchev–Trinajstić information content (AvgIpc) is 3.07. The molecule has 1 aromatic heterocycles. The number of aromatic amines is 1. The van der Waals surface area contributed by atoms with Crippen LogP contribution in [0.25, 0.3) is 0 Å². The molecule has 4 rings (SSSR count). The van der Waals surface area contributed by atoms with Crippen molar-refractivity contribution in [2.24, 2.45) is 5.92 Å². The van der Waals surface area contributed by atoms with Crippen LogP contribution in [0.15, 0.2) is 64.4 Å². The Hall–Kier alpha value is -2.35. The van der Waals surface area contributed by atoms with Crippen LogP contribution < -0.4 is 4.87 Å². The summed E-state index contributed by atoms with van der Waals surface area (Å²) in [5.41, 5.74) is 1.20. The van der Waals surface area contributed by atoms with Gasteiger partial charge in [0.05, 0.1) is 10.9 Å². The minimum Gasteiger partial charge on any atom is -0.480 e. The maximum Gasteiger partial charge on any atom is 0.317 e. The summed E-state index contributed by atoms with van der Waals surface area (Å²) in [4.78, 5) is 40.6. The van der Waals surface area contributed by atoms with Crippen molar-refractivity contribution in [3.8, 4) is 0 Å². The average molecular weight is 432 g/mol. The van der Waals surface area contributed by atoms with Crippen molar-refractivity contribution in [1.82, 2.24) is 4.98 Å². The lowest BCUT2D eigenvalue weighted by Crippen LogP contribution is -2.39. The van der Waals surface area contributed by atoms with E-state index >= 15 is 0 Å². The van der Waals surface area contributed by atoms with Gasteiger partial charge >= 0.3 is 10.8 Å². The number of carboxylic acid groups (broad SMARTS) is 1. The number of carbonyl (C=O) groups excluding carboxylic acids is 1. The zero-order chi connectivity index (χ0) is 19.8. The quantitative estimate of drug-likeness (QED) is 0.602. The van der Waals surface area contributed by atoms with Gasteiger partial charge in [0, 0.05) is 21.4 Å². The van der Waals surface area contributed by atoms with Gasteiger partial charge in [-0.05, 0) is 17.7 Å². The van der Waals surface area contributed by atoms with E-state index in [9.17, 15) is 19.5 Å². The van der Waals surface area contributed by atoms with Crippen molar-refractivity contribution >= 4 is 46.5 Å². The van der Waals surface area contributed by atoms with Crippen molar-refractivity contribution in [3.05, 3.63) is 85.3 Å². The summed E-state index contributed by atoms with van der Waals surface area (Å²) in [5.74, 6) is -2.75. The zero-order valence-corrected chi connectivity index (χ0v) is 16.7. The van der Waals surface area contributed by atoms with E-state index in [1.807, 2.05) is 0 Å². The van der Waals surface area contributed by atoms with Gasteiger partial charge in [-0.3, -0.25) is 14.4 Å². The minimum atomic E-state index is -1.09. The summed E-state index contributed by atoms with van der Waals surface area (Å²) in [7, 11) is 0. The Morgan fingerprint density at radius 3 is 2.36 bits per heavy atom. The molecule has 0 fully saturated rings. The van der Waals surface area contributed by atoms with Crippen LogP contribution in [0.3, 0.4) is 0 Å². The number of fused-ring (bicyclic) bond motifs is 1. The number of aliphatic carboxylic acids is 1. The second-order valence-electron chi connectivity index (χ2n) is 6.37. The number of ketones is 1. The summed E-state index contributed by atoms with van der Waals surface area (Å²) in [6, 6.07) is 15.6. The van der Waals surface area contributed by atoms with Crippen molar-refractivity contribution in [3.63, 3.8) is 0 Å². The molecule has 1 aliphatic heterocycles. The van der Waals surface area contributed by atoms with Gasteiger partial charge < -0.3 is 10.1 Å². The Bertz CT molecular complexity index is 1090. The van der Waals surface area contributed by atoms with Crippen LogP contribution in [0.4, 0.5) is 0 Å². The second kappa shape index (κ2) is 7.58. The SMILES string of the molecule is O=C(c1ccccc1)[C@@H]1[C@H](c2ccc(Cl)cc2)c2sc(=O)[nH]c2S[C@H]1C(=O)O. The first-order valence-corrected chi connectivity index (χ1v) is 10.5. The topological polar surface area (TPSA) is 87.2 Å². The van der Waals surface area contributed by atoms with Crippen LogP contribution >= 0.6 is 34.7 Å². The first-order valence-electron chi connectivity index (χ1n) is 8.43. The third kappa shape index (κ3) is 3.41. The normalized spacial score (nSPS) is 21.1. The number of nitrogens with one attached hydrogen (secondary N) is 1. The van der Waals surface area contributed by atoms with Gasteiger partial charge in [-0.1, -0.05) is 77.2 Å². The number of hydrogen-bond acceptors (Lipinski definition) is 5. The van der Waals surface area contributed by atoms with E-state index in [0.717, 1.165) is 28.7 Å². The molecule has 0 amide bonds. The van der Waals surface area contributed by atoms with Crippen LogP contribution in [0, 0.1) is 5.92 Å². The third-order valence-corrected chi connectivity index (χ3v) is 7.34. The van der Waals surface area contributed by atoms with Crippen molar-refractivity contribution in [1.29, 1.82) is 0 Å². The molecule has 28 heavy (non-hydrogen) atoms. The monoisotopic (exact) mass is 431 g/mol. The van der Waals surface area contributed by atoms with Crippen LogP contribution in [-0.4, -0.2) is 27.1 Å². The van der Waals surface area contributed by atoms with Gasteiger partial charge in [0.15, 0.2) is 5.78 Å². The predicted molar refractivity (Wildman–Crippen MR) is 110 cm³/mol. The molecule has 1 aliphatic rings. The van der Waals surface area contributed by atoms with E-state index in [1.165, 1.54) is 0 Å². The van der Waals surface area contributed by atoms with Gasteiger partial charge in [-0.25, -0.2) is 0 Å². The highest BCUT2D eigenvalue weighted by Crippen LogP contribution is 2.50. The Morgan fingerprint density at radius 1 is 1.04 bits per heavy atom. The van der Waals surface area contributed by atoms with Crippen LogP contribution in [0.2, 0.25) is 5.02 Å². The number of carboxylic acids is 1. The van der Waals surface area contributed by atoms with E-state index in [0.29, 0.717) is 20.5 Å². The molecule has 0 spiro atoms. The number of thioether (sulfide) groups is 1. The molecule has 0 saturated carbocycles. The largest absolute Gasteiger partial charge is 0.480 e. The third-order valence-electron chi connectivity index (χ3n) is 4.69. The van der Waals surface area contributed by atoms with Gasteiger partial charge in [-0.2, -0.15) is 0 Å². The first kappa shape index (κ1) is 19.0. The van der Waals surface area contributed by atoms with E-state index in [1.54, 1.807) is 54.6 Å². The molecule has 8 heteroatoms. The molecule has 2 aromatic carbocycles. The predicted octanol–water partition coefficient (Wildman–Crippen LogP) is 4.28. The molecule has 2 heterocycles. The fourth-order valence-corrected chi connectivity index (χ4v) is 6.02. The minimum absolute atomic E-state index is 0.257. The molecule has 0 unspecified atom stereocenters. The van der Waals surface area contributed by atoms with Gasteiger partial charge in [0.25, 0.3) is 0 Å². The number of Topliss-reactive ketones (excluding diaryl/α,β-unsaturated/α-hetero) is 1. The number of H-pyrrole nitrogens is 1. The van der Waals surface area contributed by atoms with Gasteiger partial charge in [0.2, 0.25) is 0 Å². The van der Waals surface area contributed by atoms with E-state index in [4.69, 9.17) is 11.6 Å². The number of aromatic nitrogens is 1. The number of carbonyl (C=O) groups is 2. The molecule has 0 saturated heterocycles. The summed E-state index contributed by atoms with van der Waals surface area (Å²) >= 11 is 8.05. The maximum absolute atomic E-state index is 13.4. The lowest BCUT2D eigenvalue weighted by Gasteiger charge is -2.34. The number of rotatable bonds is 4. The summed E-state index contributed by atoms with van der Waals surface area (Å²) in [6.07, 6.45) is 0. The molecule has 142 valence electrons. The molecular weight excluding hydrogens is 418 g/mol. The number of benzene rings is 2.